The average Bonchev–Trinajstić information content (AvgIpc) is 2.89. The fraction of sp³-hybridized carbons (Fsp3) is 0.533. The summed E-state index contributed by atoms with van der Waals surface area (Å²) < 4.78 is 1.04. The van der Waals surface area contributed by atoms with E-state index in [1.807, 2.05) is 31.3 Å². The highest BCUT2D eigenvalue weighted by atomic mass is 79.9. The van der Waals surface area contributed by atoms with E-state index in [1.165, 1.54) is 0 Å². The van der Waals surface area contributed by atoms with Crippen LogP contribution in [0.3, 0.4) is 0 Å². The Morgan fingerprint density at radius 3 is 2.85 bits per heavy atom. The van der Waals surface area contributed by atoms with E-state index in [1.54, 1.807) is 4.90 Å². The first kappa shape index (κ1) is 15.5. The third-order valence-corrected chi connectivity index (χ3v) is 4.43. The Morgan fingerprint density at radius 2 is 2.15 bits per heavy atom. The van der Waals surface area contributed by atoms with Crippen LogP contribution in [0.5, 0.6) is 0 Å². The van der Waals surface area contributed by atoms with E-state index in [9.17, 15) is 4.79 Å². The third kappa shape index (κ3) is 3.81. The molecular weight excluding hydrogens is 318 g/mol. The number of hydrogen-bond donors (Lipinski definition) is 2. The van der Waals surface area contributed by atoms with Gasteiger partial charge >= 0.3 is 0 Å². The summed E-state index contributed by atoms with van der Waals surface area (Å²) >= 11 is 3.52. The van der Waals surface area contributed by atoms with Crippen molar-refractivity contribution in [1.82, 2.24) is 15.8 Å². The second kappa shape index (κ2) is 7.20. The minimum atomic E-state index is -0.112. The summed E-state index contributed by atoms with van der Waals surface area (Å²) in [5, 5.41) is 0. The van der Waals surface area contributed by atoms with Crippen LogP contribution in [-0.2, 0) is 11.3 Å². The van der Waals surface area contributed by atoms with Crippen molar-refractivity contribution in [3.05, 3.63) is 34.3 Å². The summed E-state index contributed by atoms with van der Waals surface area (Å²) in [7, 11) is 1.86. The van der Waals surface area contributed by atoms with Gasteiger partial charge in [0.1, 0.15) is 6.04 Å². The largest absolute Gasteiger partial charge is 0.340 e. The molecule has 4 nitrogen and oxygen atoms in total. The molecule has 1 saturated heterocycles. The van der Waals surface area contributed by atoms with Gasteiger partial charge in [-0.05, 0) is 24.5 Å². The van der Waals surface area contributed by atoms with Crippen LogP contribution in [0.1, 0.15) is 31.7 Å². The number of nitrogens with one attached hydrogen (secondary N) is 2. The number of benzene rings is 1. The van der Waals surface area contributed by atoms with Gasteiger partial charge in [-0.1, -0.05) is 47.5 Å². The van der Waals surface area contributed by atoms with Gasteiger partial charge in [-0.2, -0.15) is 0 Å². The lowest BCUT2D eigenvalue weighted by Gasteiger charge is -2.21. The molecule has 1 aromatic carbocycles. The molecule has 0 saturated carbocycles. The smallest absolute Gasteiger partial charge is 0.241 e. The maximum Gasteiger partial charge on any atom is 0.241 e. The van der Waals surface area contributed by atoms with Gasteiger partial charge in [0, 0.05) is 24.1 Å². The molecule has 1 heterocycles. The molecule has 0 aromatic heterocycles. The lowest BCUT2D eigenvalue weighted by Crippen LogP contribution is -2.44. The van der Waals surface area contributed by atoms with E-state index < -0.39 is 0 Å². The van der Waals surface area contributed by atoms with Crippen molar-refractivity contribution in [2.45, 2.75) is 44.8 Å². The molecule has 2 atom stereocenters. The van der Waals surface area contributed by atoms with Gasteiger partial charge in [0.15, 0.2) is 0 Å². The Bertz CT molecular complexity index is 466. The number of rotatable bonds is 5. The molecule has 0 spiro atoms. The Balaban J connectivity index is 1.91. The van der Waals surface area contributed by atoms with Crippen molar-refractivity contribution in [2.75, 3.05) is 7.05 Å². The molecule has 20 heavy (non-hydrogen) atoms. The van der Waals surface area contributed by atoms with Gasteiger partial charge in [-0.25, -0.2) is 5.43 Å². The van der Waals surface area contributed by atoms with Crippen LogP contribution in [0, 0.1) is 0 Å². The van der Waals surface area contributed by atoms with Gasteiger partial charge < -0.3 is 4.90 Å². The van der Waals surface area contributed by atoms with E-state index in [4.69, 9.17) is 0 Å². The van der Waals surface area contributed by atoms with Crippen LogP contribution in [0.4, 0.5) is 0 Å². The van der Waals surface area contributed by atoms with E-state index in [-0.39, 0.29) is 11.9 Å². The van der Waals surface area contributed by atoms with Gasteiger partial charge in [-0.15, -0.1) is 0 Å². The van der Waals surface area contributed by atoms with Crippen molar-refractivity contribution in [1.29, 1.82) is 0 Å². The number of amides is 1. The summed E-state index contributed by atoms with van der Waals surface area (Å²) in [4.78, 5) is 14.2. The van der Waals surface area contributed by atoms with Crippen LogP contribution in [-0.4, -0.2) is 29.9 Å². The first-order chi connectivity index (χ1) is 9.61. The van der Waals surface area contributed by atoms with E-state index in [0.717, 1.165) is 29.3 Å². The number of likely N-dealkylation sites (N-methyl/N-ethyl adjacent to an activating group) is 1. The second-order valence-corrected chi connectivity index (χ2v) is 6.20. The Hall–Kier alpha value is -0.910. The molecule has 1 amide bonds. The van der Waals surface area contributed by atoms with Crippen molar-refractivity contribution in [3.8, 4) is 0 Å². The van der Waals surface area contributed by atoms with Gasteiger partial charge in [-0.3, -0.25) is 10.2 Å². The van der Waals surface area contributed by atoms with E-state index in [2.05, 4.69) is 33.7 Å². The maximum atomic E-state index is 12.4. The van der Waals surface area contributed by atoms with Crippen LogP contribution in [0.2, 0.25) is 0 Å². The number of nitrogens with zero attached hydrogens (tertiary/aromatic N) is 1. The van der Waals surface area contributed by atoms with Crippen LogP contribution in [0.15, 0.2) is 28.7 Å². The molecule has 2 rings (SSSR count). The van der Waals surface area contributed by atoms with Crippen molar-refractivity contribution in [3.63, 3.8) is 0 Å². The normalized spacial score (nSPS) is 21.9. The van der Waals surface area contributed by atoms with E-state index in [0.29, 0.717) is 12.6 Å². The van der Waals surface area contributed by atoms with Crippen molar-refractivity contribution < 1.29 is 4.79 Å². The zero-order chi connectivity index (χ0) is 14.5. The molecule has 2 N–H and O–H groups in total. The van der Waals surface area contributed by atoms with Crippen LogP contribution >= 0.6 is 15.9 Å². The lowest BCUT2D eigenvalue weighted by molar-refractivity contribution is -0.132. The standard InChI is InChI=1S/C15H22BrN3O/c1-3-6-12-9-14(18-17-12)15(20)19(2)10-11-7-4-5-8-13(11)16/h4-5,7-8,12,14,17-18H,3,6,9-10H2,1-2H3. The van der Waals surface area contributed by atoms with Crippen LogP contribution < -0.4 is 10.9 Å². The van der Waals surface area contributed by atoms with Gasteiger partial charge in [0.2, 0.25) is 5.91 Å². The number of hydrazine groups is 1. The molecule has 1 aliphatic rings. The summed E-state index contributed by atoms with van der Waals surface area (Å²) in [6, 6.07) is 8.30. The van der Waals surface area contributed by atoms with Gasteiger partial charge in [0.05, 0.1) is 0 Å². The molecule has 110 valence electrons. The SMILES string of the molecule is CCCC1CC(C(=O)N(C)Cc2ccccc2Br)NN1. The molecule has 5 heteroatoms. The minimum absolute atomic E-state index is 0.112. The summed E-state index contributed by atoms with van der Waals surface area (Å²) in [5.74, 6) is 0.145. The Morgan fingerprint density at radius 1 is 1.40 bits per heavy atom. The topological polar surface area (TPSA) is 44.4 Å². The lowest BCUT2D eigenvalue weighted by atomic mass is 10.1. The molecule has 1 fully saturated rings. The highest BCUT2D eigenvalue weighted by molar-refractivity contribution is 9.10. The van der Waals surface area contributed by atoms with Gasteiger partial charge in [0.25, 0.3) is 0 Å². The molecule has 1 aromatic rings. The summed E-state index contributed by atoms with van der Waals surface area (Å²) in [6.45, 7) is 2.78. The molecule has 1 aliphatic heterocycles. The Kier molecular flexibility index (Phi) is 5.57. The first-order valence-electron chi connectivity index (χ1n) is 7.11. The number of halogens is 1. The predicted octanol–water partition coefficient (Wildman–Crippen LogP) is 2.44. The molecule has 0 bridgehead atoms. The third-order valence-electron chi connectivity index (χ3n) is 3.66. The number of hydrogen-bond acceptors (Lipinski definition) is 3. The zero-order valence-electron chi connectivity index (χ0n) is 12.0. The molecule has 0 aliphatic carbocycles. The fourth-order valence-electron chi connectivity index (χ4n) is 2.55. The molecular formula is C15H22BrN3O. The van der Waals surface area contributed by atoms with Crippen molar-refractivity contribution >= 4 is 21.8 Å². The predicted molar refractivity (Wildman–Crippen MR) is 84.0 cm³/mol. The fourth-order valence-corrected chi connectivity index (χ4v) is 2.96. The highest BCUT2D eigenvalue weighted by Gasteiger charge is 2.30. The molecule has 0 radical (unpaired) electrons. The summed E-state index contributed by atoms with van der Waals surface area (Å²) in [5.41, 5.74) is 7.46. The number of carbonyl (C=O) groups excluding carboxylic acids is 1. The zero-order valence-corrected chi connectivity index (χ0v) is 13.6. The first-order valence-corrected chi connectivity index (χ1v) is 7.90. The second-order valence-electron chi connectivity index (χ2n) is 5.35. The maximum absolute atomic E-state index is 12.4. The monoisotopic (exact) mass is 339 g/mol. The summed E-state index contributed by atoms with van der Waals surface area (Å²) in [6.07, 6.45) is 3.10. The Labute approximate surface area is 129 Å². The van der Waals surface area contributed by atoms with Crippen molar-refractivity contribution in [2.24, 2.45) is 0 Å². The highest BCUT2D eigenvalue weighted by Crippen LogP contribution is 2.18. The quantitative estimate of drug-likeness (QED) is 0.865. The van der Waals surface area contributed by atoms with E-state index >= 15 is 0 Å². The molecule has 2 unspecified atom stereocenters. The number of carbonyl (C=O) groups is 1. The van der Waals surface area contributed by atoms with Crippen LogP contribution in [0.25, 0.3) is 0 Å². The minimum Gasteiger partial charge on any atom is -0.340 e. The average molecular weight is 340 g/mol.